The number of hydrogen-bond donors (Lipinski definition) is 4. The van der Waals surface area contributed by atoms with E-state index in [4.69, 9.17) is 15.2 Å². The molecule has 49 heavy (non-hydrogen) atoms. The van der Waals surface area contributed by atoms with Crippen LogP contribution in [0.25, 0.3) is 0 Å². The van der Waals surface area contributed by atoms with Crippen molar-refractivity contribution in [2.75, 3.05) is 29.5 Å². The number of anilines is 3. The molecule has 2 amide bonds. The summed E-state index contributed by atoms with van der Waals surface area (Å²) < 4.78 is 13.1. The van der Waals surface area contributed by atoms with Crippen molar-refractivity contribution < 1.29 is 24.2 Å². The summed E-state index contributed by atoms with van der Waals surface area (Å²) in [5.41, 5.74) is 10.6. The van der Waals surface area contributed by atoms with Crippen LogP contribution in [0.3, 0.4) is 0 Å². The summed E-state index contributed by atoms with van der Waals surface area (Å²) in [6.07, 6.45) is 11.1. The van der Waals surface area contributed by atoms with E-state index in [1.807, 2.05) is 66.7 Å². The van der Waals surface area contributed by atoms with Gasteiger partial charge in [0.25, 0.3) is 0 Å². The van der Waals surface area contributed by atoms with E-state index >= 15 is 0 Å². The molecule has 5 N–H and O–H groups in total. The molecule has 0 unspecified atom stereocenters. The van der Waals surface area contributed by atoms with Crippen molar-refractivity contribution in [2.24, 2.45) is 0 Å². The maximum absolute atomic E-state index is 12.7. The van der Waals surface area contributed by atoms with Crippen LogP contribution in [-0.2, 0) is 25.7 Å². The third-order valence-corrected chi connectivity index (χ3v) is 9.52. The molecule has 1 heterocycles. The summed E-state index contributed by atoms with van der Waals surface area (Å²) in [5.74, 6) is -0.0829. The number of aliphatic hydroxyl groups excluding tert-OH is 1. The van der Waals surface area contributed by atoms with Crippen molar-refractivity contribution in [3.63, 3.8) is 0 Å². The average molecular weight is 669 g/mol. The summed E-state index contributed by atoms with van der Waals surface area (Å²) >= 11 is 0. The highest BCUT2D eigenvalue weighted by atomic mass is 16.7. The van der Waals surface area contributed by atoms with Crippen LogP contribution in [0.15, 0.2) is 85.5 Å². The standard InChI is InChI=1S/C40H52N4O5/c1-2-25-44(33-11-7-8-12-33)27-34-26-37(30-19-17-29(28-45)18-20-30)49-40(48-34)31-21-23-32(24-22-31)42-38(46)15-5-3-4-6-16-39(47)43-36-14-10-9-13-35(36)41/h2,9-10,13-14,17-24,33-34,37,40,45H,1,3-8,11-12,15-16,25-28,41H2,(H,42,46)(H,43,47)/t34-,37+,40+/m1/s1. The number of amides is 2. The smallest absolute Gasteiger partial charge is 0.224 e. The number of hydrogen-bond acceptors (Lipinski definition) is 7. The molecular weight excluding hydrogens is 616 g/mol. The van der Waals surface area contributed by atoms with Gasteiger partial charge in [-0.05, 0) is 61.1 Å². The number of unbranched alkanes of at least 4 members (excludes halogenated alkanes) is 3. The number of benzene rings is 3. The van der Waals surface area contributed by atoms with Gasteiger partial charge in [-0.1, -0.05) is 80.3 Å². The number of nitrogen functional groups attached to an aromatic ring is 1. The molecule has 1 saturated carbocycles. The highest BCUT2D eigenvalue weighted by Gasteiger charge is 2.34. The zero-order valence-electron chi connectivity index (χ0n) is 28.5. The van der Waals surface area contributed by atoms with Crippen LogP contribution in [0.4, 0.5) is 17.1 Å². The highest BCUT2D eigenvalue weighted by molar-refractivity contribution is 5.93. The molecule has 0 radical (unpaired) electrons. The average Bonchev–Trinajstić information content (AvgIpc) is 3.66. The van der Waals surface area contributed by atoms with Gasteiger partial charge in [0.05, 0.1) is 30.2 Å². The van der Waals surface area contributed by atoms with Gasteiger partial charge in [-0.3, -0.25) is 14.5 Å². The Morgan fingerprint density at radius 3 is 2.16 bits per heavy atom. The summed E-state index contributed by atoms with van der Waals surface area (Å²) in [4.78, 5) is 27.4. The van der Waals surface area contributed by atoms with Crippen LogP contribution in [0.1, 0.15) is 99.7 Å². The predicted molar refractivity (Wildman–Crippen MR) is 195 cm³/mol. The van der Waals surface area contributed by atoms with Gasteiger partial charge >= 0.3 is 0 Å². The van der Waals surface area contributed by atoms with E-state index in [0.29, 0.717) is 30.3 Å². The first-order valence-corrected chi connectivity index (χ1v) is 17.8. The van der Waals surface area contributed by atoms with Crippen LogP contribution >= 0.6 is 0 Å². The molecule has 3 aromatic rings. The number of carbonyl (C=O) groups excluding carboxylic acids is 2. The van der Waals surface area contributed by atoms with E-state index in [1.165, 1.54) is 25.7 Å². The first-order chi connectivity index (χ1) is 23.9. The topological polar surface area (TPSA) is 126 Å². The lowest BCUT2D eigenvalue weighted by Crippen LogP contribution is -2.43. The van der Waals surface area contributed by atoms with Crippen LogP contribution in [0.5, 0.6) is 0 Å². The van der Waals surface area contributed by atoms with Crippen molar-refractivity contribution in [3.05, 3.63) is 102 Å². The Morgan fingerprint density at radius 1 is 0.857 bits per heavy atom. The van der Waals surface area contributed by atoms with Crippen molar-refractivity contribution in [1.29, 1.82) is 0 Å². The second-order valence-electron chi connectivity index (χ2n) is 13.3. The van der Waals surface area contributed by atoms with Gasteiger partial charge in [0.1, 0.15) is 0 Å². The van der Waals surface area contributed by atoms with Crippen LogP contribution in [-0.4, -0.2) is 47.1 Å². The maximum atomic E-state index is 12.7. The molecule has 1 saturated heterocycles. The number of nitrogens with one attached hydrogen (secondary N) is 2. The van der Waals surface area contributed by atoms with Crippen LogP contribution < -0.4 is 16.4 Å². The minimum absolute atomic E-state index is 0.00710. The van der Waals surface area contributed by atoms with Crippen LogP contribution in [0, 0.1) is 0 Å². The third kappa shape index (κ3) is 11.0. The Kier molecular flexibility index (Phi) is 13.8. The maximum Gasteiger partial charge on any atom is 0.224 e. The molecule has 0 bridgehead atoms. The summed E-state index contributed by atoms with van der Waals surface area (Å²) in [5, 5.41) is 15.4. The lowest BCUT2D eigenvalue weighted by Gasteiger charge is -2.39. The van der Waals surface area contributed by atoms with Gasteiger partial charge in [0.2, 0.25) is 11.8 Å². The van der Waals surface area contributed by atoms with Crippen molar-refractivity contribution >= 4 is 28.9 Å². The van der Waals surface area contributed by atoms with Gasteiger partial charge in [-0.15, -0.1) is 6.58 Å². The van der Waals surface area contributed by atoms with Crippen molar-refractivity contribution in [1.82, 2.24) is 4.90 Å². The Bertz CT molecular complexity index is 1490. The summed E-state index contributed by atoms with van der Waals surface area (Å²) in [6, 6.07) is 23.5. The van der Waals surface area contributed by atoms with E-state index in [0.717, 1.165) is 67.6 Å². The second-order valence-corrected chi connectivity index (χ2v) is 13.3. The first kappa shape index (κ1) is 36.3. The van der Waals surface area contributed by atoms with Gasteiger partial charge in [0.15, 0.2) is 6.29 Å². The minimum atomic E-state index is -0.549. The summed E-state index contributed by atoms with van der Waals surface area (Å²) in [7, 11) is 0. The normalized spacial score (nSPS) is 19.5. The van der Waals surface area contributed by atoms with Gasteiger partial charge in [0, 0.05) is 49.6 Å². The SMILES string of the molecule is C=CCN(C[C@H]1C[C@@H](c2ccc(CO)cc2)O[C@@H](c2ccc(NC(=O)CCCCCCC(=O)Nc3ccccc3N)cc2)O1)C1CCCC1. The number of nitrogens with two attached hydrogens (primary N) is 1. The molecule has 0 spiro atoms. The number of carbonyl (C=O) groups is 2. The molecule has 2 fully saturated rings. The Morgan fingerprint density at radius 2 is 1.51 bits per heavy atom. The molecule has 2 aliphatic rings. The van der Waals surface area contributed by atoms with Crippen molar-refractivity contribution in [3.8, 4) is 0 Å². The lowest BCUT2D eigenvalue weighted by atomic mass is 9.99. The van der Waals surface area contributed by atoms with E-state index in [1.54, 1.807) is 12.1 Å². The molecule has 3 atom stereocenters. The van der Waals surface area contributed by atoms with Crippen LogP contribution in [0.2, 0.25) is 0 Å². The highest BCUT2D eigenvalue weighted by Crippen LogP contribution is 2.39. The van der Waals surface area contributed by atoms with E-state index < -0.39 is 6.29 Å². The molecule has 262 valence electrons. The number of nitrogens with zero attached hydrogens (tertiary/aromatic N) is 1. The fourth-order valence-electron chi connectivity index (χ4n) is 6.80. The fourth-order valence-corrected chi connectivity index (χ4v) is 6.80. The molecule has 0 aromatic heterocycles. The zero-order valence-corrected chi connectivity index (χ0v) is 28.5. The zero-order chi connectivity index (χ0) is 34.4. The van der Waals surface area contributed by atoms with Gasteiger partial charge < -0.3 is 30.9 Å². The molecule has 9 nitrogen and oxygen atoms in total. The second kappa shape index (κ2) is 18.7. The number of rotatable bonds is 17. The molecule has 9 heteroatoms. The first-order valence-electron chi connectivity index (χ1n) is 17.8. The number of para-hydroxylation sites is 2. The molecule has 1 aliphatic heterocycles. The van der Waals surface area contributed by atoms with E-state index in [-0.39, 0.29) is 30.6 Å². The largest absolute Gasteiger partial charge is 0.397 e. The monoisotopic (exact) mass is 668 g/mol. The molecular formula is C40H52N4O5. The number of aliphatic hydroxyl groups is 1. The fraction of sp³-hybridized carbons (Fsp3) is 0.450. The third-order valence-electron chi connectivity index (χ3n) is 9.52. The summed E-state index contributed by atoms with van der Waals surface area (Å²) in [6.45, 7) is 5.66. The number of ether oxygens (including phenoxy) is 2. The Labute approximate surface area is 290 Å². The minimum Gasteiger partial charge on any atom is -0.397 e. The predicted octanol–water partition coefficient (Wildman–Crippen LogP) is 7.65. The molecule has 1 aliphatic carbocycles. The molecule has 5 rings (SSSR count). The molecule has 3 aromatic carbocycles. The van der Waals surface area contributed by atoms with Gasteiger partial charge in [-0.2, -0.15) is 0 Å². The van der Waals surface area contributed by atoms with Gasteiger partial charge in [-0.25, -0.2) is 0 Å². The van der Waals surface area contributed by atoms with E-state index in [9.17, 15) is 14.7 Å². The quantitative estimate of drug-likeness (QED) is 0.0661. The Balaban J connectivity index is 1.10. The Hall–Kier alpha value is -4.02. The lowest BCUT2D eigenvalue weighted by molar-refractivity contribution is -0.253. The van der Waals surface area contributed by atoms with E-state index in [2.05, 4.69) is 22.1 Å². The van der Waals surface area contributed by atoms with Crippen molar-refractivity contribution in [2.45, 2.75) is 102 Å².